The fourth-order valence-electron chi connectivity index (χ4n) is 2.29. The Morgan fingerprint density at radius 1 is 1.16 bits per heavy atom. The first-order valence-corrected chi connectivity index (χ1v) is 7.17. The van der Waals surface area contributed by atoms with Gasteiger partial charge in [-0.05, 0) is 30.3 Å². The highest BCUT2D eigenvalue weighted by Crippen LogP contribution is 2.15. The molecule has 9 heteroatoms. The average Bonchev–Trinajstić information content (AvgIpc) is 2.96. The number of nitrogens with one attached hydrogen (secondary N) is 1. The molecular weight excluding hydrogens is 328 g/mol. The molecule has 1 aromatic carbocycles. The van der Waals surface area contributed by atoms with E-state index in [0.29, 0.717) is 17.0 Å². The van der Waals surface area contributed by atoms with Crippen LogP contribution in [0.1, 0.15) is 16.1 Å². The number of nitro groups is 1. The van der Waals surface area contributed by atoms with Crippen LogP contribution in [0.25, 0.3) is 5.65 Å². The molecule has 0 bridgehead atoms. The number of hydrogen-bond acceptors (Lipinski definition) is 5. The number of benzene rings is 1. The number of carboxylic acid groups (broad SMARTS) is 1. The van der Waals surface area contributed by atoms with E-state index in [9.17, 15) is 19.7 Å². The van der Waals surface area contributed by atoms with E-state index in [2.05, 4.69) is 10.3 Å². The third-order valence-corrected chi connectivity index (χ3v) is 3.45. The zero-order chi connectivity index (χ0) is 18.0. The van der Waals surface area contributed by atoms with Gasteiger partial charge in [-0.3, -0.25) is 19.3 Å². The number of aromatic nitrogens is 2. The molecule has 126 valence electrons. The van der Waals surface area contributed by atoms with Crippen LogP contribution in [0.4, 0.5) is 11.4 Å². The number of carboxylic acids is 1. The lowest BCUT2D eigenvalue weighted by Crippen LogP contribution is -2.14. The number of amides is 1. The molecule has 0 atom stereocenters. The van der Waals surface area contributed by atoms with Crippen molar-refractivity contribution in [3.63, 3.8) is 0 Å². The van der Waals surface area contributed by atoms with Gasteiger partial charge in [-0.15, -0.1) is 0 Å². The zero-order valence-corrected chi connectivity index (χ0v) is 12.7. The van der Waals surface area contributed by atoms with E-state index in [0.717, 1.165) is 0 Å². The van der Waals surface area contributed by atoms with E-state index in [4.69, 9.17) is 5.11 Å². The Morgan fingerprint density at radius 3 is 2.52 bits per heavy atom. The molecule has 0 unspecified atom stereocenters. The maximum absolute atomic E-state index is 12.1. The van der Waals surface area contributed by atoms with Gasteiger partial charge in [-0.2, -0.15) is 0 Å². The molecule has 9 nitrogen and oxygen atoms in total. The predicted molar refractivity (Wildman–Crippen MR) is 87.6 cm³/mol. The number of aromatic carboxylic acids is 1. The summed E-state index contributed by atoms with van der Waals surface area (Å²) in [5.74, 6) is -1.38. The van der Waals surface area contributed by atoms with Gasteiger partial charge in [-0.1, -0.05) is 0 Å². The van der Waals surface area contributed by atoms with Crippen molar-refractivity contribution in [2.45, 2.75) is 6.42 Å². The van der Waals surface area contributed by atoms with Crippen molar-refractivity contribution in [2.75, 3.05) is 5.32 Å². The molecule has 0 saturated heterocycles. The number of anilines is 1. The third kappa shape index (κ3) is 3.61. The van der Waals surface area contributed by atoms with Gasteiger partial charge in [0.2, 0.25) is 5.91 Å². The van der Waals surface area contributed by atoms with Crippen molar-refractivity contribution in [3.05, 3.63) is 70.2 Å². The van der Waals surface area contributed by atoms with Crippen molar-refractivity contribution in [2.24, 2.45) is 0 Å². The highest BCUT2D eigenvalue weighted by atomic mass is 16.6. The first-order valence-electron chi connectivity index (χ1n) is 7.17. The Morgan fingerprint density at radius 2 is 1.88 bits per heavy atom. The minimum Gasteiger partial charge on any atom is -0.478 e. The van der Waals surface area contributed by atoms with Crippen LogP contribution in [0.3, 0.4) is 0 Å². The summed E-state index contributed by atoms with van der Waals surface area (Å²) >= 11 is 0. The predicted octanol–water partition coefficient (Wildman–Crippen LogP) is 2.12. The number of carbonyl (C=O) groups is 2. The number of fused-ring (bicyclic) bond motifs is 1. The van der Waals surface area contributed by atoms with E-state index in [1.165, 1.54) is 47.0 Å². The minimum atomic E-state index is -1.04. The molecular formula is C16H12N4O5. The lowest BCUT2D eigenvalue weighted by Gasteiger charge is -2.04. The van der Waals surface area contributed by atoms with E-state index in [1.807, 2.05) is 0 Å². The van der Waals surface area contributed by atoms with E-state index < -0.39 is 10.9 Å². The van der Waals surface area contributed by atoms with Crippen LogP contribution in [0.15, 0.2) is 48.8 Å². The summed E-state index contributed by atoms with van der Waals surface area (Å²) in [6.45, 7) is 0. The molecule has 1 amide bonds. The summed E-state index contributed by atoms with van der Waals surface area (Å²) < 4.78 is 1.49. The Labute approximate surface area is 140 Å². The fourth-order valence-corrected chi connectivity index (χ4v) is 2.29. The average molecular weight is 340 g/mol. The lowest BCUT2D eigenvalue weighted by atomic mass is 10.2. The van der Waals surface area contributed by atoms with E-state index in [1.54, 1.807) is 6.20 Å². The highest BCUT2D eigenvalue weighted by Gasteiger charge is 2.11. The highest BCUT2D eigenvalue weighted by molar-refractivity contribution is 5.93. The second-order valence-electron chi connectivity index (χ2n) is 5.25. The quantitative estimate of drug-likeness (QED) is 0.541. The second-order valence-corrected chi connectivity index (χ2v) is 5.25. The van der Waals surface area contributed by atoms with Crippen molar-refractivity contribution in [1.29, 1.82) is 0 Å². The SMILES string of the molecule is O=C(Cc1cn2cc([N+](=O)[O-])ccc2n1)Nc1ccc(C(=O)O)cc1. The molecule has 2 heterocycles. The van der Waals surface area contributed by atoms with Gasteiger partial charge >= 0.3 is 5.97 Å². The van der Waals surface area contributed by atoms with E-state index >= 15 is 0 Å². The number of hydrogen-bond donors (Lipinski definition) is 2. The van der Waals surface area contributed by atoms with E-state index in [-0.39, 0.29) is 23.6 Å². The Hall–Kier alpha value is -3.75. The molecule has 3 rings (SSSR count). The fraction of sp³-hybridized carbons (Fsp3) is 0.0625. The molecule has 2 N–H and O–H groups in total. The molecule has 0 aliphatic rings. The topological polar surface area (TPSA) is 127 Å². The van der Waals surface area contributed by atoms with Gasteiger partial charge in [0.15, 0.2) is 0 Å². The molecule has 0 aliphatic carbocycles. The summed E-state index contributed by atoms with van der Waals surface area (Å²) in [4.78, 5) is 37.4. The van der Waals surface area contributed by atoms with Gasteiger partial charge in [-0.25, -0.2) is 9.78 Å². The van der Waals surface area contributed by atoms with Gasteiger partial charge in [0.1, 0.15) is 5.65 Å². The van der Waals surface area contributed by atoms with Gasteiger partial charge in [0.05, 0.1) is 28.8 Å². The van der Waals surface area contributed by atoms with Crippen molar-refractivity contribution in [1.82, 2.24) is 9.38 Å². The van der Waals surface area contributed by atoms with Crippen LogP contribution in [-0.4, -0.2) is 31.3 Å². The van der Waals surface area contributed by atoms with Gasteiger partial charge in [0, 0.05) is 18.0 Å². The monoisotopic (exact) mass is 340 g/mol. The normalized spacial score (nSPS) is 10.6. The summed E-state index contributed by atoms with van der Waals surface area (Å²) in [5.41, 5.74) is 1.48. The molecule has 2 aromatic heterocycles. The molecule has 0 fully saturated rings. The van der Waals surface area contributed by atoms with Crippen molar-refractivity contribution < 1.29 is 19.6 Å². The number of rotatable bonds is 5. The lowest BCUT2D eigenvalue weighted by molar-refractivity contribution is -0.385. The van der Waals surface area contributed by atoms with Crippen LogP contribution < -0.4 is 5.32 Å². The third-order valence-electron chi connectivity index (χ3n) is 3.45. The van der Waals surface area contributed by atoms with Crippen LogP contribution in [-0.2, 0) is 11.2 Å². The summed E-state index contributed by atoms with van der Waals surface area (Å²) in [6.07, 6.45) is 2.86. The standard InChI is InChI=1S/C16H12N4O5/c21-15(18-11-3-1-10(2-4-11)16(22)23)7-12-8-19-9-13(20(24)25)5-6-14(19)17-12/h1-6,8-9H,7H2,(H,18,21)(H,22,23). The Balaban J connectivity index is 1.71. The van der Waals surface area contributed by atoms with Crippen LogP contribution in [0, 0.1) is 10.1 Å². The minimum absolute atomic E-state index is 0.0177. The van der Waals surface area contributed by atoms with Crippen LogP contribution in [0.2, 0.25) is 0 Å². The number of nitrogens with zero attached hydrogens (tertiary/aromatic N) is 3. The first-order chi connectivity index (χ1) is 11.9. The van der Waals surface area contributed by atoms with Gasteiger partial charge in [0.25, 0.3) is 5.69 Å². The molecule has 0 radical (unpaired) electrons. The van der Waals surface area contributed by atoms with Gasteiger partial charge < -0.3 is 10.4 Å². The smallest absolute Gasteiger partial charge is 0.335 e. The van der Waals surface area contributed by atoms with Crippen LogP contribution >= 0.6 is 0 Å². The van der Waals surface area contributed by atoms with Crippen LogP contribution in [0.5, 0.6) is 0 Å². The maximum Gasteiger partial charge on any atom is 0.335 e. The summed E-state index contributed by atoms with van der Waals surface area (Å²) in [7, 11) is 0. The van der Waals surface area contributed by atoms with Crippen molar-refractivity contribution >= 4 is 28.9 Å². The summed E-state index contributed by atoms with van der Waals surface area (Å²) in [6, 6.07) is 8.62. The molecule has 3 aromatic rings. The maximum atomic E-state index is 12.1. The molecule has 0 spiro atoms. The zero-order valence-electron chi connectivity index (χ0n) is 12.7. The second kappa shape index (κ2) is 6.40. The number of carbonyl (C=O) groups excluding carboxylic acids is 1. The molecule has 0 saturated carbocycles. The molecule has 0 aliphatic heterocycles. The Kier molecular flexibility index (Phi) is 4.12. The Bertz CT molecular complexity index is 978. The number of pyridine rings is 1. The van der Waals surface area contributed by atoms with Crippen molar-refractivity contribution in [3.8, 4) is 0 Å². The first kappa shape index (κ1) is 16.1. The number of imidazole rings is 1. The summed E-state index contributed by atoms with van der Waals surface area (Å²) in [5, 5.41) is 22.2. The molecule has 25 heavy (non-hydrogen) atoms. The largest absolute Gasteiger partial charge is 0.478 e.